The highest BCUT2D eigenvalue weighted by Gasteiger charge is 2.38. The molecule has 2 atom stereocenters. The molecule has 1 fully saturated rings. The highest BCUT2D eigenvalue weighted by Crippen LogP contribution is 2.46. The second-order valence-electron chi connectivity index (χ2n) is 7.60. The Morgan fingerprint density at radius 1 is 1.39 bits per heavy atom. The van der Waals surface area contributed by atoms with E-state index in [9.17, 15) is 19.1 Å². The molecule has 31 heavy (non-hydrogen) atoms. The van der Waals surface area contributed by atoms with Crippen molar-refractivity contribution in [3.05, 3.63) is 46.4 Å². The van der Waals surface area contributed by atoms with Crippen molar-refractivity contribution in [1.82, 2.24) is 19.6 Å². The molecule has 0 radical (unpaired) electrons. The Morgan fingerprint density at radius 3 is 2.84 bits per heavy atom. The number of nitrogen functional groups attached to an aromatic ring is 1. The summed E-state index contributed by atoms with van der Waals surface area (Å²) in [6, 6.07) is 7.81. The molecule has 10 heteroatoms. The van der Waals surface area contributed by atoms with Gasteiger partial charge in [0, 0.05) is 42.4 Å². The standard InChI is InChI=1S/C21H23F2N7O/c1-2-13-17(18(22)23)29-30-19(25)15(9-24)20(28-21(13)30)26-7-6-12-4-3-5-16(27-12)14-8-11(14)10-31/h3-5,11,14,18,31H,2,6-8,10,25H2,1H3,(H,26,28). The average Bonchev–Trinajstić information content (AvgIpc) is 3.46. The van der Waals surface area contributed by atoms with E-state index in [4.69, 9.17) is 5.73 Å². The summed E-state index contributed by atoms with van der Waals surface area (Å²) in [5.74, 6) is 0.812. The maximum absolute atomic E-state index is 13.4. The molecule has 4 N–H and O–H groups in total. The predicted octanol–water partition coefficient (Wildman–Crippen LogP) is 2.83. The van der Waals surface area contributed by atoms with Crippen molar-refractivity contribution in [3.8, 4) is 6.07 Å². The summed E-state index contributed by atoms with van der Waals surface area (Å²) in [5, 5.41) is 25.8. The SMILES string of the molecule is CCc1c(C(F)F)nn2c(N)c(C#N)c(NCCc3cccc(C4CC4CO)n3)nc12. The Labute approximate surface area is 177 Å². The third kappa shape index (κ3) is 3.88. The molecule has 3 aromatic rings. The van der Waals surface area contributed by atoms with E-state index >= 15 is 0 Å². The molecule has 4 rings (SSSR count). The fourth-order valence-corrected chi connectivity index (χ4v) is 3.85. The molecule has 2 unspecified atom stereocenters. The number of rotatable bonds is 8. The van der Waals surface area contributed by atoms with Gasteiger partial charge in [0.2, 0.25) is 0 Å². The lowest BCUT2D eigenvalue weighted by Crippen LogP contribution is -2.13. The lowest BCUT2D eigenvalue weighted by atomic mass is 10.2. The van der Waals surface area contributed by atoms with Crippen LogP contribution in [0.1, 0.15) is 53.9 Å². The van der Waals surface area contributed by atoms with E-state index in [-0.39, 0.29) is 35.1 Å². The number of halogens is 2. The van der Waals surface area contributed by atoms with Gasteiger partial charge in [-0.25, -0.2) is 13.8 Å². The van der Waals surface area contributed by atoms with Crippen molar-refractivity contribution in [2.24, 2.45) is 5.92 Å². The Morgan fingerprint density at radius 2 is 2.19 bits per heavy atom. The molecule has 0 aromatic carbocycles. The molecule has 8 nitrogen and oxygen atoms in total. The smallest absolute Gasteiger partial charge is 0.282 e. The molecule has 0 bridgehead atoms. The summed E-state index contributed by atoms with van der Waals surface area (Å²) in [6.07, 6.45) is -0.919. The Hall–Kier alpha value is -3.32. The number of aliphatic hydroxyl groups excluding tert-OH is 1. The molecule has 0 amide bonds. The van der Waals surface area contributed by atoms with Gasteiger partial charge >= 0.3 is 0 Å². The van der Waals surface area contributed by atoms with Crippen molar-refractivity contribution < 1.29 is 13.9 Å². The quantitative estimate of drug-likeness (QED) is 0.505. The number of aliphatic hydroxyl groups is 1. The molecule has 0 aliphatic heterocycles. The molecule has 1 aliphatic carbocycles. The van der Waals surface area contributed by atoms with Crippen LogP contribution in [0.4, 0.5) is 20.4 Å². The second-order valence-corrected chi connectivity index (χ2v) is 7.60. The van der Waals surface area contributed by atoms with Crippen LogP contribution in [0.15, 0.2) is 18.2 Å². The van der Waals surface area contributed by atoms with Crippen LogP contribution < -0.4 is 11.1 Å². The number of fused-ring (bicyclic) bond motifs is 1. The highest BCUT2D eigenvalue weighted by molar-refractivity contribution is 5.69. The fraction of sp³-hybridized carbons (Fsp3) is 0.429. The van der Waals surface area contributed by atoms with Crippen molar-refractivity contribution >= 4 is 17.3 Å². The lowest BCUT2D eigenvalue weighted by Gasteiger charge is -2.11. The molecule has 3 aromatic heterocycles. The minimum atomic E-state index is -2.76. The minimum Gasteiger partial charge on any atom is -0.396 e. The normalized spacial score (nSPS) is 17.8. The molecule has 162 valence electrons. The molecule has 0 spiro atoms. The number of nitrogens with two attached hydrogens (primary N) is 1. The third-order valence-corrected chi connectivity index (χ3v) is 5.64. The van der Waals surface area contributed by atoms with Crippen molar-refractivity contribution in [2.45, 2.75) is 38.5 Å². The van der Waals surface area contributed by atoms with Gasteiger partial charge in [0.05, 0.1) is 0 Å². The zero-order valence-corrected chi connectivity index (χ0v) is 17.0. The van der Waals surface area contributed by atoms with E-state index < -0.39 is 6.43 Å². The first-order chi connectivity index (χ1) is 15.0. The summed E-state index contributed by atoms with van der Waals surface area (Å²) < 4.78 is 27.8. The van der Waals surface area contributed by atoms with Crippen LogP contribution in [0.5, 0.6) is 0 Å². The number of aromatic nitrogens is 4. The van der Waals surface area contributed by atoms with Gasteiger partial charge in [-0.15, -0.1) is 0 Å². The number of aryl methyl sites for hydroxylation is 1. The van der Waals surface area contributed by atoms with Crippen molar-refractivity contribution in [3.63, 3.8) is 0 Å². The van der Waals surface area contributed by atoms with Crippen LogP contribution in [-0.4, -0.2) is 37.8 Å². The first-order valence-corrected chi connectivity index (χ1v) is 10.2. The minimum absolute atomic E-state index is 0.0273. The van der Waals surface area contributed by atoms with Crippen LogP contribution >= 0.6 is 0 Å². The summed E-state index contributed by atoms with van der Waals surface area (Å²) >= 11 is 0. The van der Waals surface area contributed by atoms with Gasteiger partial charge in [0.25, 0.3) is 6.43 Å². The zero-order valence-electron chi connectivity index (χ0n) is 17.0. The van der Waals surface area contributed by atoms with Crippen LogP contribution in [0, 0.1) is 17.2 Å². The Bertz CT molecular complexity index is 1150. The monoisotopic (exact) mass is 427 g/mol. The predicted molar refractivity (Wildman–Crippen MR) is 111 cm³/mol. The van der Waals surface area contributed by atoms with Crippen LogP contribution in [-0.2, 0) is 12.8 Å². The van der Waals surface area contributed by atoms with Gasteiger partial charge in [0.1, 0.15) is 29.0 Å². The van der Waals surface area contributed by atoms with Crippen molar-refractivity contribution in [1.29, 1.82) is 5.26 Å². The number of nitrogens with zero attached hydrogens (tertiary/aromatic N) is 5. The number of nitriles is 1. The summed E-state index contributed by atoms with van der Waals surface area (Å²) in [6.45, 7) is 2.34. The number of hydrogen-bond donors (Lipinski definition) is 3. The summed E-state index contributed by atoms with van der Waals surface area (Å²) in [7, 11) is 0. The molecule has 1 saturated carbocycles. The number of anilines is 2. The van der Waals surface area contributed by atoms with E-state index in [0.717, 1.165) is 22.3 Å². The number of pyridine rings is 1. The topological polar surface area (TPSA) is 125 Å². The van der Waals surface area contributed by atoms with Gasteiger partial charge in [-0.05, 0) is 30.9 Å². The first kappa shape index (κ1) is 20.9. The fourth-order valence-electron chi connectivity index (χ4n) is 3.85. The molecular weight excluding hydrogens is 404 g/mol. The summed E-state index contributed by atoms with van der Waals surface area (Å²) in [4.78, 5) is 9.06. The molecule has 3 heterocycles. The van der Waals surface area contributed by atoms with E-state index in [1.807, 2.05) is 24.3 Å². The van der Waals surface area contributed by atoms with Crippen molar-refractivity contribution in [2.75, 3.05) is 24.2 Å². The Balaban J connectivity index is 1.56. The van der Waals surface area contributed by atoms with Gasteiger partial charge in [-0.1, -0.05) is 13.0 Å². The third-order valence-electron chi connectivity index (χ3n) is 5.64. The summed E-state index contributed by atoms with van der Waals surface area (Å²) in [5.41, 5.74) is 8.13. The van der Waals surface area contributed by atoms with Gasteiger partial charge in [0.15, 0.2) is 5.65 Å². The van der Waals surface area contributed by atoms with Crippen LogP contribution in [0.2, 0.25) is 0 Å². The van der Waals surface area contributed by atoms with E-state index in [0.29, 0.717) is 36.8 Å². The number of alkyl halides is 2. The van der Waals surface area contributed by atoms with Gasteiger partial charge < -0.3 is 16.2 Å². The lowest BCUT2D eigenvalue weighted by molar-refractivity contribution is 0.144. The van der Waals surface area contributed by atoms with Gasteiger partial charge in [-0.2, -0.15) is 14.9 Å². The highest BCUT2D eigenvalue weighted by atomic mass is 19.3. The largest absolute Gasteiger partial charge is 0.396 e. The van der Waals surface area contributed by atoms with E-state index in [1.54, 1.807) is 6.92 Å². The number of nitrogens with one attached hydrogen (secondary N) is 1. The molecule has 0 saturated heterocycles. The van der Waals surface area contributed by atoms with E-state index in [1.165, 1.54) is 0 Å². The second kappa shape index (κ2) is 8.43. The zero-order chi connectivity index (χ0) is 22.1. The number of hydrogen-bond acceptors (Lipinski definition) is 7. The Kier molecular flexibility index (Phi) is 5.69. The first-order valence-electron chi connectivity index (χ1n) is 10.2. The molecule has 1 aliphatic rings. The average molecular weight is 427 g/mol. The van der Waals surface area contributed by atoms with Crippen LogP contribution in [0.25, 0.3) is 5.65 Å². The molecular formula is C21H23F2N7O. The maximum Gasteiger partial charge on any atom is 0.282 e. The maximum atomic E-state index is 13.4. The van der Waals surface area contributed by atoms with Crippen LogP contribution in [0.3, 0.4) is 0 Å². The van der Waals surface area contributed by atoms with Gasteiger partial charge in [-0.3, -0.25) is 4.98 Å². The van der Waals surface area contributed by atoms with E-state index in [2.05, 4.69) is 20.4 Å².